The van der Waals surface area contributed by atoms with E-state index < -0.39 is 0 Å². The molecule has 0 atom stereocenters. The zero-order valence-electron chi connectivity index (χ0n) is 10.9. The van der Waals surface area contributed by atoms with Crippen LogP contribution in [0.3, 0.4) is 0 Å². The Morgan fingerprint density at radius 1 is 1.50 bits per heavy atom. The van der Waals surface area contributed by atoms with E-state index in [1.807, 2.05) is 4.57 Å². The maximum absolute atomic E-state index is 13.4. The van der Waals surface area contributed by atoms with E-state index in [1.54, 1.807) is 6.07 Å². The van der Waals surface area contributed by atoms with Crippen molar-refractivity contribution >= 4 is 28.5 Å². The quantitative estimate of drug-likeness (QED) is 0.861. The molecule has 106 valence electrons. The van der Waals surface area contributed by atoms with Crippen LogP contribution in [0.5, 0.6) is 0 Å². The van der Waals surface area contributed by atoms with Gasteiger partial charge in [0.15, 0.2) is 0 Å². The van der Waals surface area contributed by atoms with Gasteiger partial charge in [-0.25, -0.2) is 9.37 Å². The SMILES string of the molecule is O=C(NCCn1c(CCl)nc2ccc(F)cc21)C1CC1. The van der Waals surface area contributed by atoms with Crippen molar-refractivity contribution in [2.75, 3.05) is 6.54 Å². The first-order valence-corrected chi connectivity index (χ1v) is 7.21. The molecule has 0 bridgehead atoms. The van der Waals surface area contributed by atoms with Crippen LogP contribution in [0.25, 0.3) is 11.0 Å². The summed E-state index contributed by atoms with van der Waals surface area (Å²) in [6.45, 7) is 1.04. The predicted octanol–water partition coefficient (Wildman–Crippen LogP) is 2.44. The van der Waals surface area contributed by atoms with Crippen LogP contribution in [0.1, 0.15) is 18.7 Å². The average molecular weight is 296 g/mol. The van der Waals surface area contributed by atoms with Gasteiger partial charge >= 0.3 is 0 Å². The zero-order chi connectivity index (χ0) is 14.1. The van der Waals surface area contributed by atoms with Gasteiger partial charge in [0, 0.05) is 19.0 Å². The molecule has 1 aliphatic rings. The molecule has 1 aromatic carbocycles. The molecule has 3 rings (SSSR count). The third kappa shape index (κ3) is 2.63. The molecule has 0 radical (unpaired) electrons. The second-order valence-electron chi connectivity index (χ2n) is 5.01. The second-order valence-corrected chi connectivity index (χ2v) is 5.28. The Balaban J connectivity index is 1.77. The van der Waals surface area contributed by atoms with Crippen LogP contribution in [-0.2, 0) is 17.2 Å². The average Bonchev–Trinajstić information content (AvgIpc) is 3.23. The Morgan fingerprint density at radius 2 is 2.30 bits per heavy atom. The van der Waals surface area contributed by atoms with Gasteiger partial charge in [0.2, 0.25) is 5.91 Å². The number of benzene rings is 1. The van der Waals surface area contributed by atoms with Gasteiger partial charge in [-0.05, 0) is 31.0 Å². The maximum atomic E-state index is 13.4. The van der Waals surface area contributed by atoms with Crippen molar-refractivity contribution in [2.24, 2.45) is 5.92 Å². The number of rotatable bonds is 5. The molecule has 1 aromatic heterocycles. The van der Waals surface area contributed by atoms with Crippen molar-refractivity contribution in [2.45, 2.75) is 25.3 Å². The zero-order valence-corrected chi connectivity index (χ0v) is 11.7. The predicted molar refractivity (Wildman–Crippen MR) is 75.0 cm³/mol. The van der Waals surface area contributed by atoms with E-state index in [4.69, 9.17) is 11.6 Å². The van der Waals surface area contributed by atoms with Crippen molar-refractivity contribution < 1.29 is 9.18 Å². The van der Waals surface area contributed by atoms with Crippen molar-refractivity contribution in [3.63, 3.8) is 0 Å². The molecular weight excluding hydrogens is 281 g/mol. The first kappa shape index (κ1) is 13.4. The molecule has 0 aliphatic heterocycles. The lowest BCUT2D eigenvalue weighted by molar-refractivity contribution is -0.122. The summed E-state index contributed by atoms with van der Waals surface area (Å²) in [7, 11) is 0. The summed E-state index contributed by atoms with van der Waals surface area (Å²) < 4.78 is 15.2. The number of halogens is 2. The van der Waals surface area contributed by atoms with Gasteiger partial charge in [-0.15, -0.1) is 11.6 Å². The lowest BCUT2D eigenvalue weighted by atomic mass is 10.3. The number of fused-ring (bicyclic) bond motifs is 1. The molecule has 2 aromatic rings. The number of carbonyl (C=O) groups is 1. The Labute approximate surface area is 120 Å². The van der Waals surface area contributed by atoms with Gasteiger partial charge in [0.1, 0.15) is 11.6 Å². The number of hydrogen-bond acceptors (Lipinski definition) is 2. The molecule has 1 amide bonds. The Kier molecular flexibility index (Phi) is 3.61. The lowest BCUT2D eigenvalue weighted by Gasteiger charge is -2.09. The summed E-state index contributed by atoms with van der Waals surface area (Å²) in [5.41, 5.74) is 1.43. The number of carbonyl (C=O) groups excluding carboxylic acids is 1. The third-order valence-corrected chi connectivity index (χ3v) is 3.73. The Hall–Kier alpha value is -1.62. The normalized spacial score (nSPS) is 14.7. The first-order chi connectivity index (χ1) is 9.69. The Morgan fingerprint density at radius 3 is 3.00 bits per heavy atom. The number of amides is 1. The molecule has 1 saturated carbocycles. The minimum Gasteiger partial charge on any atom is -0.354 e. The van der Waals surface area contributed by atoms with Gasteiger partial charge in [-0.2, -0.15) is 0 Å². The number of imidazole rings is 1. The number of alkyl halides is 1. The minimum atomic E-state index is -0.304. The first-order valence-electron chi connectivity index (χ1n) is 6.67. The summed E-state index contributed by atoms with van der Waals surface area (Å²) in [5, 5.41) is 2.89. The van der Waals surface area contributed by atoms with E-state index >= 15 is 0 Å². The van der Waals surface area contributed by atoms with Gasteiger partial charge in [-0.1, -0.05) is 0 Å². The summed E-state index contributed by atoms with van der Waals surface area (Å²) in [6, 6.07) is 4.47. The highest BCUT2D eigenvalue weighted by molar-refractivity contribution is 6.16. The van der Waals surface area contributed by atoms with E-state index in [9.17, 15) is 9.18 Å². The van der Waals surface area contributed by atoms with E-state index in [0.717, 1.165) is 18.4 Å². The lowest BCUT2D eigenvalue weighted by Crippen LogP contribution is -2.28. The molecule has 6 heteroatoms. The third-order valence-electron chi connectivity index (χ3n) is 3.49. The van der Waals surface area contributed by atoms with Crippen LogP contribution in [0.4, 0.5) is 4.39 Å². The number of nitrogens with one attached hydrogen (secondary N) is 1. The molecule has 1 heterocycles. The Bertz CT molecular complexity index is 651. The molecule has 0 saturated heterocycles. The van der Waals surface area contributed by atoms with E-state index in [-0.39, 0.29) is 23.5 Å². The molecule has 0 spiro atoms. The largest absolute Gasteiger partial charge is 0.354 e. The smallest absolute Gasteiger partial charge is 0.223 e. The van der Waals surface area contributed by atoms with Gasteiger partial charge < -0.3 is 9.88 Å². The van der Waals surface area contributed by atoms with Crippen molar-refractivity contribution in [1.29, 1.82) is 0 Å². The molecule has 1 aliphatic carbocycles. The molecule has 20 heavy (non-hydrogen) atoms. The summed E-state index contributed by atoms with van der Waals surface area (Å²) in [5.74, 6) is 0.939. The topological polar surface area (TPSA) is 46.9 Å². The molecule has 1 fully saturated rings. The van der Waals surface area contributed by atoms with Crippen molar-refractivity contribution in [3.05, 3.63) is 29.8 Å². The van der Waals surface area contributed by atoms with Crippen LogP contribution >= 0.6 is 11.6 Å². The van der Waals surface area contributed by atoms with E-state index in [0.29, 0.717) is 24.4 Å². The summed E-state index contributed by atoms with van der Waals surface area (Å²) in [4.78, 5) is 16.0. The van der Waals surface area contributed by atoms with Gasteiger partial charge in [0.25, 0.3) is 0 Å². The van der Waals surface area contributed by atoms with Crippen LogP contribution in [0, 0.1) is 11.7 Å². The van der Waals surface area contributed by atoms with Crippen LogP contribution in [-0.4, -0.2) is 22.0 Å². The van der Waals surface area contributed by atoms with E-state index in [1.165, 1.54) is 12.1 Å². The number of aromatic nitrogens is 2. The molecule has 1 N–H and O–H groups in total. The van der Waals surface area contributed by atoms with Crippen LogP contribution < -0.4 is 5.32 Å². The molecule has 0 unspecified atom stereocenters. The van der Waals surface area contributed by atoms with Gasteiger partial charge in [-0.3, -0.25) is 4.79 Å². The van der Waals surface area contributed by atoms with Crippen molar-refractivity contribution in [1.82, 2.24) is 14.9 Å². The standard InChI is InChI=1S/C14H15ClFN3O/c15-8-13-18-11-4-3-10(16)7-12(11)19(13)6-5-17-14(20)9-1-2-9/h3-4,7,9H,1-2,5-6,8H2,(H,17,20). The monoisotopic (exact) mass is 295 g/mol. The number of nitrogens with zero attached hydrogens (tertiary/aromatic N) is 2. The van der Waals surface area contributed by atoms with Crippen LogP contribution in [0.2, 0.25) is 0 Å². The highest BCUT2D eigenvalue weighted by Gasteiger charge is 2.29. The minimum absolute atomic E-state index is 0.105. The number of hydrogen-bond donors (Lipinski definition) is 1. The fourth-order valence-electron chi connectivity index (χ4n) is 2.28. The van der Waals surface area contributed by atoms with E-state index in [2.05, 4.69) is 10.3 Å². The molecular formula is C14H15ClFN3O. The maximum Gasteiger partial charge on any atom is 0.223 e. The second kappa shape index (κ2) is 5.40. The fourth-order valence-corrected chi connectivity index (χ4v) is 2.48. The van der Waals surface area contributed by atoms with Crippen LogP contribution in [0.15, 0.2) is 18.2 Å². The van der Waals surface area contributed by atoms with Crippen molar-refractivity contribution in [3.8, 4) is 0 Å². The van der Waals surface area contributed by atoms with Gasteiger partial charge in [0.05, 0.1) is 16.9 Å². The fraction of sp³-hybridized carbons (Fsp3) is 0.429. The highest BCUT2D eigenvalue weighted by atomic mass is 35.5. The summed E-state index contributed by atoms with van der Waals surface area (Å²) >= 11 is 5.88. The highest BCUT2D eigenvalue weighted by Crippen LogP contribution is 2.28. The summed E-state index contributed by atoms with van der Waals surface area (Å²) in [6.07, 6.45) is 1.97. The molecule has 4 nitrogen and oxygen atoms in total.